The van der Waals surface area contributed by atoms with Crippen molar-refractivity contribution in [3.05, 3.63) is 34.4 Å². The number of hydrogen-bond donors (Lipinski definition) is 1. The van der Waals surface area contributed by atoms with Crippen LogP contribution in [0.25, 0.3) is 0 Å². The number of halogens is 1. The van der Waals surface area contributed by atoms with Gasteiger partial charge in [-0.1, -0.05) is 12.1 Å². The van der Waals surface area contributed by atoms with Crippen LogP contribution in [0.4, 0.5) is 5.69 Å². The zero-order chi connectivity index (χ0) is 7.56. The Morgan fingerprint density at radius 1 is 1.33 bits per heavy atom. The van der Waals surface area contributed by atoms with E-state index in [9.17, 15) is 10.1 Å². The van der Waals surface area contributed by atoms with Crippen molar-refractivity contribution in [1.82, 2.24) is 0 Å². The van der Waals surface area contributed by atoms with Gasteiger partial charge in [-0.05, 0) is 6.07 Å². The number of hydrogen-bond acceptors (Lipinski definition) is 3. The van der Waals surface area contributed by atoms with E-state index in [1.807, 2.05) is 0 Å². The molecule has 0 bridgehead atoms. The van der Waals surface area contributed by atoms with Gasteiger partial charge in [-0.25, -0.2) is 0 Å². The molecule has 12 heavy (non-hydrogen) atoms. The molecule has 0 saturated carbocycles. The molecule has 0 saturated heterocycles. The maximum atomic E-state index is 10.2. The van der Waals surface area contributed by atoms with Crippen molar-refractivity contribution < 1.29 is 4.92 Å². The number of nitro benzene ring substituents is 1. The fraction of sp³-hybridized carbons (Fsp3) is 0. The molecule has 0 unspecified atom stereocenters. The fourth-order valence-electron chi connectivity index (χ4n) is 0.619. The zero-order valence-electron chi connectivity index (χ0n) is 6.14. The predicted octanol–water partition coefficient (Wildman–Crippen LogP) is 1.39. The van der Waals surface area contributed by atoms with Crippen molar-refractivity contribution >= 4 is 54.6 Å². The van der Waals surface area contributed by atoms with E-state index in [2.05, 4.69) is 12.6 Å². The average molecular weight is 312 g/mol. The molecular formula is C6H8ClNO2SSn. The number of nitrogens with zero attached hydrogens (tertiary/aromatic N) is 1. The average Bonchev–Trinajstić information content (AvgIpc) is 1.88. The van der Waals surface area contributed by atoms with E-state index in [1.165, 1.54) is 6.07 Å². The third-order valence-electron chi connectivity index (χ3n) is 1.08. The Kier molecular flexibility index (Phi) is 7.97. The second kappa shape index (κ2) is 6.56. The van der Waals surface area contributed by atoms with E-state index in [0.29, 0.717) is 4.90 Å². The van der Waals surface area contributed by atoms with Crippen LogP contribution in [0.15, 0.2) is 29.2 Å². The Bertz CT molecular complexity index is 271. The van der Waals surface area contributed by atoms with Crippen molar-refractivity contribution in [2.45, 2.75) is 4.90 Å². The minimum absolute atomic E-state index is 0. The summed E-state index contributed by atoms with van der Waals surface area (Å²) in [6.45, 7) is 0. The third kappa shape index (κ3) is 3.64. The second-order valence-electron chi connectivity index (χ2n) is 1.75. The van der Waals surface area contributed by atoms with Gasteiger partial charge < -0.3 is 0 Å². The van der Waals surface area contributed by atoms with Crippen LogP contribution in [0.1, 0.15) is 0 Å². The van der Waals surface area contributed by atoms with E-state index in [0.717, 1.165) is 0 Å². The van der Waals surface area contributed by atoms with Crippen LogP contribution < -0.4 is 0 Å². The fourth-order valence-corrected chi connectivity index (χ4v) is 0.861. The van der Waals surface area contributed by atoms with Crippen molar-refractivity contribution in [3.8, 4) is 0 Å². The molecule has 6 heteroatoms. The minimum atomic E-state index is -0.456. The topological polar surface area (TPSA) is 43.1 Å². The summed E-state index contributed by atoms with van der Waals surface area (Å²) in [4.78, 5) is 10.1. The molecule has 0 N–H and O–H groups in total. The molecule has 0 spiro atoms. The SMILES string of the molecule is Cl.O=[N+]([O-])c1ccccc1S.[SnH2]. The number of rotatable bonds is 1. The second-order valence-corrected chi connectivity index (χ2v) is 2.23. The Morgan fingerprint density at radius 2 is 1.83 bits per heavy atom. The molecule has 0 atom stereocenters. The van der Waals surface area contributed by atoms with E-state index in [4.69, 9.17) is 0 Å². The molecule has 0 aliphatic rings. The van der Waals surface area contributed by atoms with Gasteiger partial charge in [-0.15, -0.1) is 25.0 Å². The van der Waals surface area contributed by atoms with E-state index in [1.54, 1.807) is 18.2 Å². The molecule has 1 rings (SSSR count). The molecule has 1 aromatic rings. The molecule has 66 valence electrons. The van der Waals surface area contributed by atoms with Crippen LogP contribution >= 0.6 is 25.0 Å². The third-order valence-corrected chi connectivity index (χ3v) is 1.46. The van der Waals surface area contributed by atoms with Gasteiger partial charge in [0.15, 0.2) is 0 Å². The molecule has 0 fully saturated rings. The summed E-state index contributed by atoms with van der Waals surface area (Å²) in [5, 5.41) is 10.2. The first-order chi connectivity index (χ1) is 4.72. The molecule has 0 amide bonds. The molecular weight excluding hydrogens is 304 g/mol. The Hall–Kier alpha value is 0.0587. The van der Waals surface area contributed by atoms with Gasteiger partial charge in [0, 0.05) is 6.07 Å². The Labute approximate surface area is 98.5 Å². The molecule has 0 aliphatic heterocycles. The van der Waals surface area contributed by atoms with E-state index >= 15 is 0 Å². The van der Waals surface area contributed by atoms with Crippen LogP contribution in [0.5, 0.6) is 0 Å². The number of para-hydroxylation sites is 1. The normalized spacial score (nSPS) is 7.75. The monoisotopic (exact) mass is 313 g/mol. The maximum absolute atomic E-state index is 10.2. The number of nitro groups is 1. The summed E-state index contributed by atoms with van der Waals surface area (Å²) in [7, 11) is 0. The first-order valence-corrected chi connectivity index (χ1v) is 3.09. The Morgan fingerprint density at radius 3 is 2.17 bits per heavy atom. The summed E-state index contributed by atoms with van der Waals surface area (Å²) >= 11 is 3.90. The van der Waals surface area contributed by atoms with Crippen LogP contribution in [-0.4, -0.2) is 28.8 Å². The molecule has 3 nitrogen and oxygen atoms in total. The van der Waals surface area contributed by atoms with Crippen molar-refractivity contribution in [2.75, 3.05) is 0 Å². The first-order valence-electron chi connectivity index (χ1n) is 2.64. The Balaban J connectivity index is 0. The van der Waals surface area contributed by atoms with Crippen LogP contribution in [0.2, 0.25) is 0 Å². The molecule has 2 radical (unpaired) electrons. The van der Waals surface area contributed by atoms with Crippen LogP contribution in [0, 0.1) is 10.1 Å². The van der Waals surface area contributed by atoms with Gasteiger partial charge >= 0.3 is 23.9 Å². The van der Waals surface area contributed by atoms with Crippen molar-refractivity contribution in [1.29, 1.82) is 0 Å². The van der Waals surface area contributed by atoms with Crippen LogP contribution in [-0.2, 0) is 0 Å². The molecule has 1 aromatic carbocycles. The summed E-state index contributed by atoms with van der Waals surface area (Å²) in [6.07, 6.45) is 0. The van der Waals surface area contributed by atoms with Gasteiger partial charge in [0.05, 0.1) is 9.82 Å². The number of benzene rings is 1. The summed E-state index contributed by atoms with van der Waals surface area (Å²) in [5.74, 6) is 0. The molecule has 0 heterocycles. The summed E-state index contributed by atoms with van der Waals surface area (Å²) < 4.78 is 0. The molecule has 0 aliphatic carbocycles. The quantitative estimate of drug-likeness (QED) is 0.369. The van der Waals surface area contributed by atoms with E-state index in [-0.39, 0.29) is 42.0 Å². The van der Waals surface area contributed by atoms with Crippen molar-refractivity contribution in [3.63, 3.8) is 0 Å². The first kappa shape index (κ1) is 14.6. The predicted molar refractivity (Wildman–Crippen MR) is 56.1 cm³/mol. The van der Waals surface area contributed by atoms with Gasteiger partial charge in [-0.3, -0.25) is 10.1 Å². The van der Waals surface area contributed by atoms with Crippen molar-refractivity contribution in [2.24, 2.45) is 0 Å². The standard InChI is InChI=1S/C6H5NO2S.ClH.Sn.2H/c8-7(9)5-3-1-2-4-6(5)10;;;;/h1-4,10H;1H;;;. The van der Waals surface area contributed by atoms with Gasteiger partial charge in [0.25, 0.3) is 5.69 Å². The van der Waals surface area contributed by atoms with Gasteiger partial charge in [-0.2, -0.15) is 0 Å². The van der Waals surface area contributed by atoms with E-state index < -0.39 is 4.92 Å². The van der Waals surface area contributed by atoms with Gasteiger partial charge in [0.1, 0.15) is 0 Å². The summed E-state index contributed by atoms with van der Waals surface area (Å²) in [5.41, 5.74) is 0.0471. The zero-order valence-corrected chi connectivity index (χ0v) is 11.9. The van der Waals surface area contributed by atoms with Crippen LogP contribution in [0.3, 0.4) is 0 Å². The van der Waals surface area contributed by atoms with Gasteiger partial charge in [0.2, 0.25) is 0 Å². The number of thiol groups is 1. The summed E-state index contributed by atoms with van der Waals surface area (Å²) in [6, 6.07) is 6.32. The molecule has 0 aromatic heterocycles.